The van der Waals surface area contributed by atoms with Gasteiger partial charge in [0.15, 0.2) is 11.6 Å². The quantitative estimate of drug-likeness (QED) is 0.108. The molecule has 15 nitrogen and oxygen atoms in total. The van der Waals surface area contributed by atoms with Crippen molar-refractivity contribution in [3.63, 3.8) is 0 Å². The van der Waals surface area contributed by atoms with Crippen molar-refractivity contribution in [2.75, 3.05) is 44.6 Å². The molecule has 2 amide bonds. The van der Waals surface area contributed by atoms with Crippen LogP contribution in [0.1, 0.15) is 54.0 Å². The molecule has 3 aromatic carbocycles. The Morgan fingerprint density at radius 3 is 2.69 bits per heavy atom. The molecule has 3 aliphatic rings. The Kier molecular flexibility index (Phi) is 12.6. The molecule has 0 aliphatic carbocycles. The lowest BCUT2D eigenvalue weighted by atomic mass is 9.90. The second kappa shape index (κ2) is 18.7. The summed E-state index contributed by atoms with van der Waals surface area (Å²) in [6.45, 7) is 2.95. The molecule has 3 aliphatic heterocycles. The van der Waals surface area contributed by atoms with Crippen LogP contribution >= 0.6 is 0 Å². The van der Waals surface area contributed by atoms with Crippen LogP contribution in [0, 0.1) is 23.1 Å². The first-order valence-corrected chi connectivity index (χ1v) is 20.4. The molecule has 4 unspecified atom stereocenters. The van der Waals surface area contributed by atoms with Gasteiger partial charge in [0.2, 0.25) is 17.7 Å². The highest BCUT2D eigenvalue weighted by molar-refractivity contribution is 6.01. The van der Waals surface area contributed by atoms with E-state index in [9.17, 15) is 24.4 Å². The van der Waals surface area contributed by atoms with Crippen molar-refractivity contribution in [1.82, 2.24) is 41.0 Å². The lowest BCUT2D eigenvalue weighted by Gasteiger charge is -2.38. The molecule has 0 bridgehead atoms. The zero-order valence-corrected chi connectivity index (χ0v) is 33.3. The lowest BCUT2D eigenvalue weighted by molar-refractivity contribution is -0.133. The number of nitrogens with zero attached hydrogens (tertiary/aromatic N) is 5. The van der Waals surface area contributed by atoms with E-state index in [-0.39, 0.29) is 48.2 Å². The number of ketones is 1. The van der Waals surface area contributed by atoms with E-state index in [0.29, 0.717) is 91.8 Å². The number of aromatic amines is 1. The monoisotopic (exact) mass is 824 g/mol. The van der Waals surface area contributed by atoms with Crippen LogP contribution in [-0.2, 0) is 20.8 Å². The summed E-state index contributed by atoms with van der Waals surface area (Å²) >= 11 is 0. The smallest absolute Gasteiger partial charge is 0.267 e. The minimum absolute atomic E-state index is 0.0419. The van der Waals surface area contributed by atoms with Gasteiger partial charge in [-0.3, -0.25) is 29.4 Å². The number of ether oxygens (including phenoxy) is 1. The molecule has 5 N–H and O–H groups in total. The van der Waals surface area contributed by atoms with Crippen LogP contribution in [0.15, 0.2) is 89.9 Å². The Hall–Kier alpha value is -6.67. The van der Waals surface area contributed by atoms with Crippen molar-refractivity contribution in [2.45, 2.75) is 50.2 Å². The maximum absolute atomic E-state index is 15.6. The van der Waals surface area contributed by atoms with E-state index >= 15 is 4.39 Å². The summed E-state index contributed by atoms with van der Waals surface area (Å²) < 4.78 is 21.8. The number of piperazine rings is 1. The first-order chi connectivity index (χ1) is 29.7. The van der Waals surface area contributed by atoms with Crippen molar-refractivity contribution < 1.29 is 23.5 Å². The molecule has 312 valence electrons. The molecular weight excluding hydrogens is 780 g/mol. The Morgan fingerprint density at radius 1 is 1.00 bits per heavy atom. The summed E-state index contributed by atoms with van der Waals surface area (Å²) in [7, 11) is 0. The van der Waals surface area contributed by atoms with Crippen LogP contribution in [0.4, 0.5) is 10.1 Å². The van der Waals surface area contributed by atoms with E-state index in [1.807, 2.05) is 35.2 Å². The van der Waals surface area contributed by atoms with Gasteiger partial charge in [-0.25, -0.2) is 14.5 Å². The molecule has 3 saturated heterocycles. The number of imide groups is 1. The second-order valence-corrected chi connectivity index (χ2v) is 15.6. The summed E-state index contributed by atoms with van der Waals surface area (Å²) in [6, 6.07) is 23.7. The Labute approximate surface area is 351 Å². The van der Waals surface area contributed by atoms with E-state index in [4.69, 9.17) is 4.74 Å². The van der Waals surface area contributed by atoms with Gasteiger partial charge in [-0.05, 0) is 67.6 Å². The number of hydrogen-bond acceptors (Lipinski definition) is 13. The van der Waals surface area contributed by atoms with Gasteiger partial charge >= 0.3 is 0 Å². The SMILES string of the molecule is N#Cc1cccc(-c2cc(Cc3ccc(-c4nccc(OCC5CCNC(C(=O)CN6CCNCC6c6ccc(NC7CCC(=O)NC7=O)cc6F)C5)n4)cc3)c(=O)[nH]n2)c1. The van der Waals surface area contributed by atoms with Gasteiger partial charge in [0.1, 0.15) is 11.9 Å². The van der Waals surface area contributed by atoms with E-state index in [1.165, 1.54) is 6.07 Å². The number of carbonyl (C=O) groups excluding carboxylic acids is 3. The first-order valence-electron chi connectivity index (χ1n) is 20.4. The second-order valence-electron chi connectivity index (χ2n) is 15.6. The third kappa shape index (κ3) is 10.0. The molecule has 3 fully saturated rings. The Morgan fingerprint density at radius 2 is 1.87 bits per heavy atom. The van der Waals surface area contributed by atoms with E-state index < -0.39 is 17.8 Å². The van der Waals surface area contributed by atoms with Crippen molar-refractivity contribution in [3.8, 4) is 34.6 Å². The highest BCUT2D eigenvalue weighted by atomic mass is 19.1. The first kappa shape index (κ1) is 41.1. The number of nitriles is 1. The lowest BCUT2D eigenvalue weighted by Crippen LogP contribution is -2.52. The van der Waals surface area contributed by atoms with Gasteiger partial charge in [0.25, 0.3) is 5.56 Å². The summed E-state index contributed by atoms with van der Waals surface area (Å²) in [5.41, 5.74) is 4.69. The molecule has 61 heavy (non-hydrogen) atoms. The minimum Gasteiger partial charge on any atom is -0.477 e. The number of rotatable bonds is 13. The number of H-pyrrole nitrogens is 1. The number of carbonyl (C=O) groups is 3. The predicted octanol–water partition coefficient (Wildman–Crippen LogP) is 3.68. The molecule has 0 radical (unpaired) electrons. The van der Waals surface area contributed by atoms with Crippen LogP contribution in [-0.4, -0.2) is 94.1 Å². The number of aromatic nitrogens is 4. The van der Waals surface area contributed by atoms with Crippen LogP contribution in [0.25, 0.3) is 22.6 Å². The molecule has 8 rings (SSSR count). The third-order valence-electron chi connectivity index (χ3n) is 11.4. The molecular formula is C45H45FN10O5. The van der Waals surface area contributed by atoms with Gasteiger partial charge in [-0.15, -0.1) is 0 Å². The number of piperidine rings is 2. The number of halogens is 1. The topological polar surface area (TPSA) is 207 Å². The Bertz CT molecular complexity index is 2520. The van der Waals surface area contributed by atoms with Gasteiger partial charge in [-0.1, -0.05) is 42.5 Å². The zero-order chi connectivity index (χ0) is 42.3. The fourth-order valence-electron chi connectivity index (χ4n) is 8.09. The maximum Gasteiger partial charge on any atom is 0.267 e. The standard InChI is InChI=1S/C45H45FN10O5/c46-35-22-33(51-36-10-11-41(58)52-45(36)60)8-9-34(35)39-24-48-16-17-56(39)25-40(57)38-20-29(12-14-49-38)26-61-42-13-15-50-43(53-42)30-6-4-27(5-7-30)18-32-21-37(54-55-44(32)59)31-3-1-2-28(19-31)23-47/h1-9,13,15,19,21-22,29,36,38-39,48-49,51H,10-12,14,16-18,20,24-26H2,(H,55,59)(H,52,58,60). The molecule has 16 heteroatoms. The summed E-state index contributed by atoms with van der Waals surface area (Å²) in [5.74, 6) is -0.102. The fraction of sp³-hybridized carbons (Fsp3) is 0.333. The summed E-state index contributed by atoms with van der Waals surface area (Å²) in [5, 5.41) is 28.1. The number of nitrogens with one attached hydrogen (secondary N) is 5. The third-order valence-corrected chi connectivity index (χ3v) is 11.4. The van der Waals surface area contributed by atoms with Crippen molar-refractivity contribution in [1.29, 1.82) is 5.26 Å². The van der Waals surface area contributed by atoms with E-state index in [2.05, 4.69) is 47.5 Å². The van der Waals surface area contributed by atoms with Crippen molar-refractivity contribution in [3.05, 3.63) is 123 Å². The maximum atomic E-state index is 15.6. The molecule has 0 saturated carbocycles. The summed E-state index contributed by atoms with van der Waals surface area (Å²) in [4.78, 5) is 61.2. The molecule has 0 spiro atoms. The molecule has 4 atom stereocenters. The van der Waals surface area contributed by atoms with Crippen molar-refractivity contribution in [2.24, 2.45) is 5.92 Å². The van der Waals surface area contributed by atoms with Crippen LogP contribution in [0.5, 0.6) is 5.88 Å². The number of anilines is 1. The van der Waals surface area contributed by atoms with Crippen LogP contribution in [0.2, 0.25) is 0 Å². The number of hydrogen-bond donors (Lipinski definition) is 5. The normalized spacial score (nSPS) is 20.7. The summed E-state index contributed by atoms with van der Waals surface area (Å²) in [6.07, 6.45) is 4.01. The molecule has 5 heterocycles. The van der Waals surface area contributed by atoms with Gasteiger partial charge in [0.05, 0.1) is 42.6 Å². The Balaban J connectivity index is 0.845. The molecule has 5 aromatic rings. The van der Waals surface area contributed by atoms with Gasteiger partial charge < -0.3 is 20.7 Å². The highest BCUT2D eigenvalue weighted by Crippen LogP contribution is 2.29. The highest BCUT2D eigenvalue weighted by Gasteiger charge is 2.33. The largest absolute Gasteiger partial charge is 0.477 e. The van der Waals surface area contributed by atoms with Crippen LogP contribution < -0.4 is 31.6 Å². The number of amides is 2. The zero-order valence-electron chi connectivity index (χ0n) is 33.3. The average molecular weight is 825 g/mol. The number of Topliss-reactive ketones (excluding diaryl/α,β-unsaturated/α-hetero) is 1. The van der Waals surface area contributed by atoms with Crippen LogP contribution in [0.3, 0.4) is 0 Å². The van der Waals surface area contributed by atoms with Gasteiger partial charge in [-0.2, -0.15) is 15.3 Å². The molecule has 2 aromatic heterocycles. The average Bonchev–Trinajstić information content (AvgIpc) is 3.28. The minimum atomic E-state index is -0.619. The number of benzene rings is 3. The van der Waals surface area contributed by atoms with Crippen molar-refractivity contribution >= 4 is 23.3 Å². The van der Waals surface area contributed by atoms with E-state index in [1.54, 1.807) is 48.7 Å². The van der Waals surface area contributed by atoms with Gasteiger partial charge in [0, 0.05) is 72.7 Å². The fourth-order valence-corrected chi connectivity index (χ4v) is 8.09. The van der Waals surface area contributed by atoms with E-state index in [0.717, 1.165) is 23.1 Å². The predicted molar refractivity (Wildman–Crippen MR) is 224 cm³/mol.